The summed E-state index contributed by atoms with van der Waals surface area (Å²) in [7, 11) is 1.66. The number of rotatable bonds is 8. The zero-order valence-corrected chi connectivity index (χ0v) is 18.9. The number of methoxy groups -OCH3 is 1. The van der Waals surface area contributed by atoms with Crippen molar-refractivity contribution in [2.75, 3.05) is 53.0 Å². The molecule has 1 unspecified atom stereocenters. The summed E-state index contributed by atoms with van der Waals surface area (Å²) in [5.74, 6) is 0.766. The van der Waals surface area contributed by atoms with E-state index in [1.807, 2.05) is 24.3 Å². The molecule has 4 rings (SSSR count). The van der Waals surface area contributed by atoms with Crippen molar-refractivity contribution in [1.29, 1.82) is 0 Å². The lowest BCUT2D eigenvalue weighted by molar-refractivity contribution is -0.132. The van der Waals surface area contributed by atoms with Crippen molar-refractivity contribution >= 4 is 11.6 Å². The molecule has 0 radical (unpaired) electrons. The van der Waals surface area contributed by atoms with Crippen molar-refractivity contribution in [3.8, 4) is 5.75 Å². The van der Waals surface area contributed by atoms with Gasteiger partial charge in [0.2, 0.25) is 0 Å². The molecule has 2 heterocycles. The summed E-state index contributed by atoms with van der Waals surface area (Å²) in [5.41, 5.74) is 4.18. The van der Waals surface area contributed by atoms with E-state index >= 15 is 0 Å². The lowest BCUT2D eigenvalue weighted by Crippen LogP contribution is -2.42. The highest BCUT2D eigenvalue weighted by molar-refractivity contribution is 6.03. The Balaban J connectivity index is 1.45. The average molecular weight is 437 g/mol. The van der Waals surface area contributed by atoms with Crippen LogP contribution in [-0.4, -0.2) is 74.6 Å². The predicted octanol–water partition coefficient (Wildman–Crippen LogP) is 2.60. The molecule has 2 aromatic rings. The van der Waals surface area contributed by atoms with E-state index in [4.69, 9.17) is 14.6 Å². The topological polar surface area (TPSA) is 66.4 Å². The Kier molecular flexibility index (Phi) is 7.52. The first kappa shape index (κ1) is 22.5. The van der Waals surface area contributed by atoms with Gasteiger partial charge in [0.25, 0.3) is 5.91 Å². The molecule has 2 aliphatic heterocycles. The molecule has 170 valence electrons. The molecule has 1 atom stereocenters. The number of hydrogen-bond acceptors (Lipinski definition) is 6. The van der Waals surface area contributed by atoms with Crippen LogP contribution in [0.15, 0.2) is 53.6 Å². The van der Waals surface area contributed by atoms with Crippen molar-refractivity contribution in [3.63, 3.8) is 0 Å². The van der Waals surface area contributed by atoms with Gasteiger partial charge < -0.3 is 14.8 Å². The maximum atomic E-state index is 13.1. The summed E-state index contributed by atoms with van der Waals surface area (Å²) in [6.07, 6.45) is 0.676. The van der Waals surface area contributed by atoms with E-state index in [9.17, 15) is 4.79 Å². The number of amides is 1. The quantitative estimate of drug-likeness (QED) is 0.645. The van der Waals surface area contributed by atoms with E-state index in [0.717, 1.165) is 62.0 Å². The lowest BCUT2D eigenvalue weighted by atomic mass is 9.97. The van der Waals surface area contributed by atoms with Gasteiger partial charge in [-0.2, -0.15) is 5.10 Å². The van der Waals surface area contributed by atoms with Crippen LogP contribution >= 0.6 is 0 Å². The molecule has 0 aromatic heterocycles. The zero-order valence-electron chi connectivity index (χ0n) is 18.9. The Morgan fingerprint density at radius 2 is 1.97 bits per heavy atom. The summed E-state index contributed by atoms with van der Waals surface area (Å²) in [6.45, 7) is 7.48. The minimum atomic E-state index is -0.106. The van der Waals surface area contributed by atoms with Gasteiger partial charge in [-0.15, -0.1) is 0 Å². The van der Waals surface area contributed by atoms with Gasteiger partial charge in [0.05, 0.1) is 38.6 Å². The van der Waals surface area contributed by atoms with E-state index in [1.54, 1.807) is 12.1 Å². The molecule has 7 heteroatoms. The fourth-order valence-corrected chi connectivity index (χ4v) is 4.10. The smallest absolute Gasteiger partial charge is 0.257 e. The Morgan fingerprint density at radius 1 is 1.19 bits per heavy atom. The van der Waals surface area contributed by atoms with Crippen LogP contribution in [0.3, 0.4) is 0 Å². The number of aryl methyl sites for hydroxylation is 1. The van der Waals surface area contributed by atoms with E-state index in [2.05, 4.69) is 41.4 Å². The van der Waals surface area contributed by atoms with E-state index < -0.39 is 0 Å². The van der Waals surface area contributed by atoms with Crippen LogP contribution in [0, 0.1) is 6.92 Å². The van der Waals surface area contributed by atoms with Gasteiger partial charge in [0.1, 0.15) is 5.75 Å². The highest BCUT2D eigenvalue weighted by atomic mass is 16.5. The number of hydrazone groups is 1. The van der Waals surface area contributed by atoms with Gasteiger partial charge in [0.15, 0.2) is 0 Å². The van der Waals surface area contributed by atoms with E-state index in [1.165, 1.54) is 5.56 Å². The van der Waals surface area contributed by atoms with Gasteiger partial charge in [0, 0.05) is 38.2 Å². The number of hydrogen-bond donors (Lipinski definition) is 1. The van der Waals surface area contributed by atoms with Crippen molar-refractivity contribution in [1.82, 2.24) is 15.2 Å². The van der Waals surface area contributed by atoms with Gasteiger partial charge in [-0.05, 0) is 24.6 Å². The van der Waals surface area contributed by atoms with E-state index in [0.29, 0.717) is 6.42 Å². The third-order valence-corrected chi connectivity index (χ3v) is 6.02. The van der Waals surface area contributed by atoms with Gasteiger partial charge in [-0.3, -0.25) is 9.69 Å². The second-order valence-corrected chi connectivity index (χ2v) is 8.28. The first-order valence-electron chi connectivity index (χ1n) is 11.3. The lowest BCUT2D eigenvalue weighted by Gasteiger charge is -2.26. The Hall–Kier alpha value is -2.74. The molecule has 0 saturated carbocycles. The van der Waals surface area contributed by atoms with Crippen molar-refractivity contribution < 1.29 is 14.3 Å². The van der Waals surface area contributed by atoms with Crippen molar-refractivity contribution in [2.45, 2.75) is 19.4 Å². The van der Waals surface area contributed by atoms with Crippen LogP contribution in [0.5, 0.6) is 5.75 Å². The average Bonchev–Trinajstić information content (AvgIpc) is 3.28. The molecule has 0 aliphatic carbocycles. The third-order valence-electron chi connectivity index (χ3n) is 6.02. The fourth-order valence-electron chi connectivity index (χ4n) is 4.10. The first-order valence-corrected chi connectivity index (χ1v) is 11.3. The molecule has 7 nitrogen and oxygen atoms in total. The first-order chi connectivity index (χ1) is 15.6. The van der Waals surface area contributed by atoms with Crippen LogP contribution in [0.2, 0.25) is 0 Å². The van der Waals surface area contributed by atoms with Crippen LogP contribution in [0.25, 0.3) is 0 Å². The minimum absolute atomic E-state index is 0.0181. The van der Waals surface area contributed by atoms with Crippen LogP contribution < -0.4 is 10.1 Å². The highest BCUT2D eigenvalue weighted by Gasteiger charge is 2.32. The number of ether oxygens (including phenoxy) is 2. The molecule has 2 aliphatic rings. The number of nitrogens with one attached hydrogen (secondary N) is 1. The second kappa shape index (κ2) is 10.7. The highest BCUT2D eigenvalue weighted by Crippen LogP contribution is 2.33. The Morgan fingerprint density at radius 3 is 2.72 bits per heavy atom. The summed E-state index contributed by atoms with van der Waals surface area (Å²) < 4.78 is 10.8. The van der Waals surface area contributed by atoms with Gasteiger partial charge >= 0.3 is 0 Å². The minimum Gasteiger partial charge on any atom is -0.497 e. The number of benzene rings is 2. The maximum Gasteiger partial charge on any atom is 0.257 e. The third kappa shape index (κ3) is 5.54. The van der Waals surface area contributed by atoms with Crippen molar-refractivity contribution in [3.05, 3.63) is 65.2 Å². The van der Waals surface area contributed by atoms with Crippen LogP contribution in [-0.2, 0) is 9.53 Å². The molecule has 1 fully saturated rings. The molecule has 1 saturated heterocycles. The molecule has 0 spiro atoms. The summed E-state index contributed by atoms with van der Waals surface area (Å²) in [6, 6.07) is 16.1. The summed E-state index contributed by atoms with van der Waals surface area (Å²) in [5, 5.41) is 9.71. The number of morpholine rings is 1. The Labute approximate surface area is 190 Å². The van der Waals surface area contributed by atoms with E-state index in [-0.39, 0.29) is 18.5 Å². The standard InChI is InChI=1S/C25H32N4O3/c1-19-6-8-20(9-7-19)24-17-23(21-4-3-5-22(16-21)31-2)27-29(24)25(30)18-26-10-11-28-12-14-32-15-13-28/h3-9,16,24,26H,10-15,17-18H2,1-2H3. The molecular formula is C25H32N4O3. The van der Waals surface area contributed by atoms with Crippen LogP contribution in [0.4, 0.5) is 0 Å². The zero-order chi connectivity index (χ0) is 22.3. The molecule has 1 N–H and O–H groups in total. The largest absolute Gasteiger partial charge is 0.497 e. The SMILES string of the molecule is COc1cccc(C2=NN(C(=O)CNCCN3CCOCC3)C(c3ccc(C)cc3)C2)c1. The molecular weight excluding hydrogens is 404 g/mol. The maximum absolute atomic E-state index is 13.1. The molecule has 2 aromatic carbocycles. The molecule has 1 amide bonds. The second-order valence-electron chi connectivity index (χ2n) is 8.28. The fraction of sp³-hybridized carbons (Fsp3) is 0.440. The molecule has 0 bridgehead atoms. The normalized spacial score (nSPS) is 19.1. The number of carbonyl (C=O) groups excluding carboxylic acids is 1. The monoisotopic (exact) mass is 436 g/mol. The predicted molar refractivity (Wildman–Crippen MR) is 125 cm³/mol. The number of nitrogens with zero attached hydrogens (tertiary/aromatic N) is 3. The summed E-state index contributed by atoms with van der Waals surface area (Å²) >= 11 is 0. The van der Waals surface area contributed by atoms with Crippen molar-refractivity contribution in [2.24, 2.45) is 5.10 Å². The Bertz CT molecular complexity index is 938. The van der Waals surface area contributed by atoms with Gasteiger partial charge in [-0.1, -0.05) is 42.0 Å². The number of carbonyl (C=O) groups is 1. The van der Waals surface area contributed by atoms with Gasteiger partial charge in [-0.25, -0.2) is 5.01 Å². The van der Waals surface area contributed by atoms with Crippen LogP contribution in [0.1, 0.15) is 29.2 Å². The summed E-state index contributed by atoms with van der Waals surface area (Å²) in [4.78, 5) is 15.5. The molecule has 32 heavy (non-hydrogen) atoms.